The number of carbonyl (C=O) groups excluding carboxylic acids is 1. The Morgan fingerprint density at radius 1 is 1.32 bits per heavy atom. The van der Waals surface area contributed by atoms with Crippen molar-refractivity contribution < 1.29 is 18.0 Å². The summed E-state index contributed by atoms with van der Waals surface area (Å²) < 4.78 is 38.3. The van der Waals surface area contributed by atoms with E-state index in [1.54, 1.807) is 0 Å². The maximum atomic E-state index is 12.8. The first-order valence-electron chi connectivity index (χ1n) is 7.48. The Bertz CT molecular complexity index is 588. The lowest BCUT2D eigenvalue weighted by Gasteiger charge is -2.28. The third kappa shape index (κ3) is 2.82. The summed E-state index contributed by atoms with van der Waals surface area (Å²) in [5.41, 5.74) is 6.04. The lowest BCUT2D eigenvalue weighted by Crippen LogP contribution is -2.42. The summed E-state index contributed by atoms with van der Waals surface area (Å²) in [5, 5.41) is 2.94. The number of carbonyl (C=O) groups is 1. The Hall–Kier alpha value is -1.63. The van der Waals surface area contributed by atoms with Gasteiger partial charge in [0.25, 0.3) is 0 Å². The second kappa shape index (κ2) is 5.53. The highest BCUT2D eigenvalue weighted by Crippen LogP contribution is 2.34. The van der Waals surface area contributed by atoms with Gasteiger partial charge in [0, 0.05) is 18.2 Å². The van der Waals surface area contributed by atoms with Crippen LogP contribution < -0.4 is 11.1 Å². The van der Waals surface area contributed by atoms with Gasteiger partial charge in [-0.05, 0) is 31.7 Å². The minimum Gasteiger partial charge on any atom is -0.374 e. The Labute approximate surface area is 126 Å². The van der Waals surface area contributed by atoms with Gasteiger partial charge in [0.15, 0.2) is 5.78 Å². The molecule has 4 nitrogen and oxygen atoms in total. The molecule has 0 spiro atoms. The zero-order chi connectivity index (χ0) is 15.9. The molecule has 1 aliphatic heterocycles. The quantitative estimate of drug-likeness (QED) is 0.880. The summed E-state index contributed by atoms with van der Waals surface area (Å²) >= 11 is 0. The first-order chi connectivity index (χ1) is 10.4. The van der Waals surface area contributed by atoms with E-state index in [-0.39, 0.29) is 17.7 Å². The largest absolute Gasteiger partial charge is 0.417 e. The number of hydrogen-bond acceptors (Lipinski definition) is 4. The number of ketones is 1. The second-order valence-corrected chi connectivity index (χ2v) is 6.06. The normalized spacial score (nSPS) is 28.1. The van der Waals surface area contributed by atoms with Crippen molar-refractivity contribution >= 4 is 11.5 Å². The van der Waals surface area contributed by atoms with E-state index in [1.807, 2.05) is 0 Å². The molecule has 1 aromatic heterocycles. The molecule has 0 amide bonds. The molecule has 1 fully saturated rings. The molecule has 22 heavy (non-hydrogen) atoms. The summed E-state index contributed by atoms with van der Waals surface area (Å²) in [7, 11) is 0. The van der Waals surface area contributed by atoms with Gasteiger partial charge in [-0.25, -0.2) is 0 Å². The smallest absolute Gasteiger partial charge is 0.374 e. The van der Waals surface area contributed by atoms with Gasteiger partial charge in [-0.3, -0.25) is 9.78 Å². The minimum atomic E-state index is -4.44. The van der Waals surface area contributed by atoms with Crippen LogP contribution in [0.3, 0.4) is 0 Å². The molecule has 3 N–H and O–H groups in total. The first-order valence-corrected chi connectivity index (χ1v) is 7.48. The van der Waals surface area contributed by atoms with Crippen LogP contribution >= 0.6 is 0 Å². The summed E-state index contributed by atoms with van der Waals surface area (Å²) in [4.78, 5) is 16.4. The average Bonchev–Trinajstić information content (AvgIpc) is 2.90. The lowest BCUT2D eigenvalue weighted by molar-refractivity contribution is -0.137. The number of Topliss-reactive ketones (excluding diaryl/α,β-unsaturated/α-hetero) is 1. The highest BCUT2D eigenvalue weighted by Gasteiger charge is 2.37. The first kappa shape index (κ1) is 15.3. The van der Waals surface area contributed by atoms with E-state index in [0.717, 1.165) is 31.5 Å². The third-order valence-electron chi connectivity index (χ3n) is 4.58. The van der Waals surface area contributed by atoms with Gasteiger partial charge >= 0.3 is 6.18 Å². The number of aromatic nitrogens is 1. The van der Waals surface area contributed by atoms with Crippen LogP contribution in [0.15, 0.2) is 12.3 Å². The van der Waals surface area contributed by atoms with Crippen LogP contribution in [-0.4, -0.2) is 22.9 Å². The van der Waals surface area contributed by atoms with Gasteiger partial charge in [0.05, 0.1) is 23.0 Å². The fraction of sp³-hybridized carbons (Fsp3) is 0.600. The van der Waals surface area contributed by atoms with Gasteiger partial charge < -0.3 is 11.1 Å². The van der Waals surface area contributed by atoms with E-state index in [0.29, 0.717) is 24.2 Å². The molecular formula is C15H18F3N3O. The number of alkyl halides is 3. The zero-order valence-corrected chi connectivity index (χ0v) is 12.0. The lowest BCUT2D eigenvalue weighted by atomic mass is 9.89. The Morgan fingerprint density at radius 2 is 2.09 bits per heavy atom. The van der Waals surface area contributed by atoms with Gasteiger partial charge in [0.2, 0.25) is 0 Å². The molecule has 3 atom stereocenters. The van der Waals surface area contributed by atoms with Crippen molar-refractivity contribution in [2.45, 2.75) is 50.4 Å². The van der Waals surface area contributed by atoms with Crippen molar-refractivity contribution in [3.05, 3.63) is 23.5 Å². The van der Waals surface area contributed by atoms with E-state index >= 15 is 0 Å². The van der Waals surface area contributed by atoms with Gasteiger partial charge in [-0.1, -0.05) is 6.42 Å². The highest BCUT2D eigenvalue weighted by atomic mass is 19.4. The van der Waals surface area contributed by atoms with Crippen LogP contribution in [0.25, 0.3) is 0 Å². The minimum absolute atomic E-state index is 0.0214. The van der Waals surface area contributed by atoms with Crippen molar-refractivity contribution in [1.82, 2.24) is 4.98 Å². The zero-order valence-electron chi connectivity index (χ0n) is 12.0. The fourth-order valence-corrected chi connectivity index (χ4v) is 3.33. The molecule has 1 aromatic rings. The van der Waals surface area contributed by atoms with Crippen LogP contribution in [0.5, 0.6) is 0 Å². The van der Waals surface area contributed by atoms with E-state index in [1.165, 1.54) is 0 Å². The van der Waals surface area contributed by atoms with Crippen molar-refractivity contribution in [2.75, 3.05) is 5.32 Å². The molecule has 0 radical (unpaired) electrons. The number of nitrogens with two attached hydrogens (primary N) is 1. The average molecular weight is 313 g/mol. The van der Waals surface area contributed by atoms with E-state index in [9.17, 15) is 18.0 Å². The number of halogens is 3. The monoisotopic (exact) mass is 313 g/mol. The maximum Gasteiger partial charge on any atom is 0.417 e. The van der Waals surface area contributed by atoms with Crippen LogP contribution in [0, 0.1) is 5.92 Å². The Balaban J connectivity index is 1.79. The van der Waals surface area contributed by atoms with E-state index < -0.39 is 17.8 Å². The number of pyridine rings is 1. The predicted octanol–water partition coefficient (Wildman–Crippen LogP) is 2.52. The summed E-state index contributed by atoms with van der Waals surface area (Å²) in [5.74, 6) is -0.161. The van der Waals surface area contributed by atoms with Gasteiger partial charge in [-0.15, -0.1) is 0 Å². The van der Waals surface area contributed by atoms with E-state index in [2.05, 4.69) is 10.3 Å². The van der Waals surface area contributed by atoms with Crippen LogP contribution in [-0.2, 0) is 17.4 Å². The summed E-state index contributed by atoms with van der Waals surface area (Å²) in [6.07, 6.45) is -0.0116. The molecule has 2 aliphatic rings. The molecule has 120 valence electrons. The van der Waals surface area contributed by atoms with Gasteiger partial charge in [-0.2, -0.15) is 13.2 Å². The van der Waals surface area contributed by atoms with Crippen LogP contribution in [0.1, 0.15) is 36.9 Å². The fourth-order valence-electron chi connectivity index (χ4n) is 3.33. The highest BCUT2D eigenvalue weighted by molar-refractivity contribution is 5.90. The van der Waals surface area contributed by atoms with Gasteiger partial charge in [0.1, 0.15) is 0 Å². The third-order valence-corrected chi connectivity index (χ3v) is 4.58. The van der Waals surface area contributed by atoms with Crippen LogP contribution in [0.2, 0.25) is 0 Å². The molecular weight excluding hydrogens is 295 g/mol. The topological polar surface area (TPSA) is 68.0 Å². The maximum absolute atomic E-state index is 12.8. The van der Waals surface area contributed by atoms with Crippen LogP contribution in [0.4, 0.5) is 18.9 Å². The number of nitrogens with zero attached hydrogens (tertiary/aromatic N) is 1. The molecule has 0 saturated heterocycles. The molecule has 0 aromatic carbocycles. The molecule has 2 heterocycles. The number of nitrogens with one attached hydrogen (secondary N) is 1. The predicted molar refractivity (Wildman–Crippen MR) is 75.3 cm³/mol. The van der Waals surface area contributed by atoms with Crippen molar-refractivity contribution in [2.24, 2.45) is 11.7 Å². The SMILES string of the molecule is NC1CCCC1C(=O)C1CCc2ncc(C(F)(F)F)cc2N1. The van der Waals surface area contributed by atoms with Crippen molar-refractivity contribution in [1.29, 1.82) is 0 Å². The molecule has 1 aliphatic carbocycles. The molecule has 3 rings (SSSR count). The Kier molecular flexibility index (Phi) is 3.84. The summed E-state index contributed by atoms with van der Waals surface area (Å²) in [6, 6.07) is 0.443. The number of fused-ring (bicyclic) bond motifs is 1. The molecule has 7 heteroatoms. The van der Waals surface area contributed by atoms with E-state index in [4.69, 9.17) is 5.73 Å². The Morgan fingerprint density at radius 3 is 2.73 bits per heavy atom. The van der Waals surface area contributed by atoms with Crippen molar-refractivity contribution in [3.63, 3.8) is 0 Å². The standard InChI is InChI=1S/C15H18F3N3O/c16-15(17,18)8-6-13-11(20-7-8)4-5-12(21-13)14(22)9-2-1-3-10(9)19/h6-7,9-10,12,21H,1-5,19H2. The molecule has 3 unspecified atom stereocenters. The molecule has 1 saturated carbocycles. The number of aryl methyl sites for hydroxylation is 1. The number of anilines is 1. The second-order valence-electron chi connectivity index (χ2n) is 6.06. The molecule has 0 bridgehead atoms. The van der Waals surface area contributed by atoms with Crippen molar-refractivity contribution in [3.8, 4) is 0 Å². The number of hydrogen-bond donors (Lipinski definition) is 2. The number of rotatable bonds is 2. The summed E-state index contributed by atoms with van der Waals surface area (Å²) in [6.45, 7) is 0.